The quantitative estimate of drug-likeness (QED) is 0.316. The number of phenolic OH excluding ortho intramolecular Hbond substituents is 1. The number of hydrogen-bond acceptors (Lipinski definition) is 5. The summed E-state index contributed by atoms with van der Waals surface area (Å²) in [5.41, 5.74) is 5.52. The van der Waals surface area contributed by atoms with Crippen molar-refractivity contribution in [2.24, 2.45) is 10.9 Å². The Kier molecular flexibility index (Phi) is 4.59. The highest BCUT2D eigenvalue weighted by molar-refractivity contribution is 5.96. The van der Waals surface area contributed by atoms with Crippen LogP contribution in [0.5, 0.6) is 5.75 Å². The van der Waals surface area contributed by atoms with Crippen molar-refractivity contribution in [2.75, 3.05) is 32.7 Å². The predicted octanol–water partition coefficient (Wildman–Crippen LogP) is 0.0355. The van der Waals surface area contributed by atoms with Gasteiger partial charge in [0.15, 0.2) is 5.84 Å². The second-order valence-electron chi connectivity index (χ2n) is 4.82. The van der Waals surface area contributed by atoms with Crippen LogP contribution in [-0.2, 0) is 0 Å². The maximum absolute atomic E-state index is 12.9. The molecule has 0 unspecified atom stereocenters. The van der Waals surface area contributed by atoms with E-state index in [2.05, 4.69) is 5.16 Å². The SMILES string of the molecule is N/C(CN1CCN(C(=O)c2ccc(F)cc2O)CC1)=N/O. The number of nitrogens with two attached hydrogens (primary N) is 1. The summed E-state index contributed by atoms with van der Waals surface area (Å²) >= 11 is 0. The van der Waals surface area contributed by atoms with Crippen molar-refractivity contribution in [3.05, 3.63) is 29.6 Å². The van der Waals surface area contributed by atoms with Gasteiger partial charge in [-0.05, 0) is 12.1 Å². The average molecular weight is 296 g/mol. The van der Waals surface area contributed by atoms with Crippen LogP contribution >= 0.6 is 0 Å². The highest BCUT2D eigenvalue weighted by Gasteiger charge is 2.24. The Hall–Kier alpha value is -2.35. The molecule has 114 valence electrons. The largest absolute Gasteiger partial charge is 0.507 e. The van der Waals surface area contributed by atoms with Gasteiger partial charge in [-0.25, -0.2) is 4.39 Å². The lowest BCUT2D eigenvalue weighted by Crippen LogP contribution is -2.50. The summed E-state index contributed by atoms with van der Waals surface area (Å²) in [4.78, 5) is 15.8. The lowest BCUT2D eigenvalue weighted by atomic mass is 10.1. The van der Waals surface area contributed by atoms with E-state index in [0.29, 0.717) is 32.7 Å². The van der Waals surface area contributed by atoms with Gasteiger partial charge in [0, 0.05) is 32.2 Å². The maximum atomic E-state index is 12.9. The van der Waals surface area contributed by atoms with Crippen molar-refractivity contribution < 1.29 is 19.5 Å². The number of rotatable bonds is 3. The van der Waals surface area contributed by atoms with Crippen molar-refractivity contribution >= 4 is 11.7 Å². The number of aromatic hydroxyl groups is 1. The van der Waals surface area contributed by atoms with Gasteiger partial charge < -0.3 is 20.9 Å². The van der Waals surface area contributed by atoms with Crippen molar-refractivity contribution in [3.63, 3.8) is 0 Å². The second-order valence-corrected chi connectivity index (χ2v) is 4.82. The number of halogens is 1. The molecule has 0 saturated carbocycles. The number of piperazine rings is 1. The smallest absolute Gasteiger partial charge is 0.257 e. The zero-order valence-corrected chi connectivity index (χ0v) is 11.4. The third kappa shape index (κ3) is 3.60. The Morgan fingerprint density at radius 1 is 1.33 bits per heavy atom. The standard InChI is InChI=1S/C13H17FN4O3/c14-9-1-2-10(11(19)7-9)13(20)18-5-3-17(4-6-18)8-12(15)16-21/h1-2,7,19,21H,3-6,8H2,(H2,15,16). The van der Waals surface area contributed by atoms with Crippen LogP contribution in [-0.4, -0.2) is 64.6 Å². The van der Waals surface area contributed by atoms with Gasteiger partial charge in [0.2, 0.25) is 0 Å². The van der Waals surface area contributed by atoms with Gasteiger partial charge in [-0.1, -0.05) is 5.16 Å². The zero-order valence-electron chi connectivity index (χ0n) is 11.4. The fourth-order valence-corrected chi connectivity index (χ4v) is 2.23. The zero-order chi connectivity index (χ0) is 15.4. The van der Waals surface area contributed by atoms with Crippen LogP contribution in [0.4, 0.5) is 4.39 Å². The predicted molar refractivity (Wildman–Crippen MR) is 73.8 cm³/mol. The molecular formula is C13H17FN4O3. The van der Waals surface area contributed by atoms with Gasteiger partial charge >= 0.3 is 0 Å². The summed E-state index contributed by atoms with van der Waals surface area (Å²) in [6.07, 6.45) is 0. The van der Waals surface area contributed by atoms with Crippen molar-refractivity contribution in [3.8, 4) is 5.75 Å². The number of phenols is 1. The first-order chi connectivity index (χ1) is 10.0. The number of carbonyl (C=O) groups is 1. The van der Waals surface area contributed by atoms with Crippen LogP contribution < -0.4 is 5.73 Å². The summed E-state index contributed by atoms with van der Waals surface area (Å²) in [6.45, 7) is 2.39. The number of oxime groups is 1. The van der Waals surface area contributed by atoms with Crippen LogP contribution in [0, 0.1) is 5.82 Å². The second kappa shape index (κ2) is 6.40. The van der Waals surface area contributed by atoms with Gasteiger partial charge in [0.25, 0.3) is 5.91 Å². The molecule has 1 amide bonds. The lowest BCUT2D eigenvalue weighted by Gasteiger charge is -2.34. The minimum atomic E-state index is -0.590. The molecule has 8 heteroatoms. The maximum Gasteiger partial charge on any atom is 0.257 e. The van der Waals surface area contributed by atoms with E-state index in [1.165, 1.54) is 6.07 Å². The minimum absolute atomic E-state index is 0.0845. The Balaban J connectivity index is 1.97. The first-order valence-corrected chi connectivity index (χ1v) is 6.48. The van der Waals surface area contributed by atoms with Crippen molar-refractivity contribution in [1.82, 2.24) is 9.80 Å². The number of benzene rings is 1. The summed E-state index contributed by atoms with van der Waals surface area (Å²) in [5.74, 6) is -1.17. The first-order valence-electron chi connectivity index (χ1n) is 6.48. The molecule has 0 spiro atoms. The van der Waals surface area contributed by atoms with E-state index in [1.807, 2.05) is 4.90 Å². The van der Waals surface area contributed by atoms with E-state index >= 15 is 0 Å². The molecule has 1 aliphatic rings. The fourth-order valence-electron chi connectivity index (χ4n) is 2.23. The Bertz CT molecular complexity index is 556. The topological polar surface area (TPSA) is 102 Å². The molecule has 0 radical (unpaired) electrons. The number of amides is 1. The molecule has 0 atom stereocenters. The van der Waals surface area contributed by atoms with Crippen LogP contribution in [0.25, 0.3) is 0 Å². The molecule has 7 nitrogen and oxygen atoms in total. The van der Waals surface area contributed by atoms with E-state index < -0.39 is 5.82 Å². The molecule has 4 N–H and O–H groups in total. The number of carbonyl (C=O) groups excluding carboxylic acids is 1. The molecule has 2 rings (SSSR count). The average Bonchev–Trinajstić information content (AvgIpc) is 2.47. The molecule has 1 fully saturated rings. The molecule has 1 aromatic carbocycles. The molecular weight excluding hydrogens is 279 g/mol. The summed E-state index contributed by atoms with van der Waals surface area (Å²) < 4.78 is 12.9. The lowest BCUT2D eigenvalue weighted by molar-refractivity contribution is 0.0650. The fraction of sp³-hybridized carbons (Fsp3) is 0.385. The summed E-state index contributed by atoms with van der Waals surface area (Å²) in [5, 5.41) is 21.1. The van der Waals surface area contributed by atoms with E-state index in [1.54, 1.807) is 4.90 Å². The highest BCUT2D eigenvalue weighted by Crippen LogP contribution is 2.20. The van der Waals surface area contributed by atoms with Crippen molar-refractivity contribution in [2.45, 2.75) is 0 Å². The van der Waals surface area contributed by atoms with Crippen LogP contribution in [0.1, 0.15) is 10.4 Å². The summed E-state index contributed by atoms with van der Waals surface area (Å²) in [6, 6.07) is 3.33. The van der Waals surface area contributed by atoms with Gasteiger partial charge in [-0.3, -0.25) is 9.69 Å². The van der Waals surface area contributed by atoms with Gasteiger partial charge in [-0.2, -0.15) is 0 Å². The Labute approximate surface area is 121 Å². The summed E-state index contributed by atoms with van der Waals surface area (Å²) in [7, 11) is 0. The van der Waals surface area contributed by atoms with E-state index in [4.69, 9.17) is 10.9 Å². The van der Waals surface area contributed by atoms with E-state index in [0.717, 1.165) is 12.1 Å². The monoisotopic (exact) mass is 296 g/mol. The van der Waals surface area contributed by atoms with Gasteiger partial charge in [0.05, 0.1) is 12.1 Å². The molecule has 0 aromatic heterocycles. The van der Waals surface area contributed by atoms with E-state index in [9.17, 15) is 14.3 Å². The van der Waals surface area contributed by atoms with Crippen LogP contribution in [0.2, 0.25) is 0 Å². The molecule has 1 saturated heterocycles. The normalized spacial score (nSPS) is 17.0. The first kappa shape index (κ1) is 15.0. The Morgan fingerprint density at radius 3 is 2.57 bits per heavy atom. The van der Waals surface area contributed by atoms with Gasteiger partial charge in [-0.15, -0.1) is 0 Å². The molecule has 1 aliphatic heterocycles. The minimum Gasteiger partial charge on any atom is -0.507 e. The molecule has 1 heterocycles. The van der Waals surface area contributed by atoms with Crippen LogP contribution in [0.3, 0.4) is 0 Å². The third-order valence-electron chi connectivity index (χ3n) is 3.36. The molecule has 0 aliphatic carbocycles. The molecule has 1 aromatic rings. The van der Waals surface area contributed by atoms with Crippen LogP contribution in [0.15, 0.2) is 23.4 Å². The number of hydrogen-bond donors (Lipinski definition) is 3. The third-order valence-corrected chi connectivity index (χ3v) is 3.36. The number of nitrogens with zero attached hydrogens (tertiary/aromatic N) is 3. The molecule has 21 heavy (non-hydrogen) atoms. The molecule has 0 bridgehead atoms. The Morgan fingerprint density at radius 2 is 2.00 bits per heavy atom. The van der Waals surface area contributed by atoms with Gasteiger partial charge in [0.1, 0.15) is 11.6 Å². The highest BCUT2D eigenvalue weighted by atomic mass is 19.1. The van der Waals surface area contributed by atoms with E-state index in [-0.39, 0.29) is 23.1 Å². The van der Waals surface area contributed by atoms with Crippen molar-refractivity contribution in [1.29, 1.82) is 0 Å². The number of amidine groups is 1.